The number of carbonyl (C=O) groups is 1. The number of aromatic nitrogens is 4. The molecule has 0 bridgehead atoms. The van der Waals surface area contributed by atoms with Crippen molar-refractivity contribution in [2.75, 3.05) is 2.43 Å². The number of ether oxygens (including phenoxy) is 2. The zero-order valence-electron chi connectivity index (χ0n) is 44.0. The van der Waals surface area contributed by atoms with Gasteiger partial charge >= 0.3 is 31.6 Å². The number of aliphatic carboxylic acids is 1. The summed E-state index contributed by atoms with van der Waals surface area (Å²) in [5.41, 5.74) is 7.78. The van der Waals surface area contributed by atoms with E-state index in [2.05, 4.69) is 308 Å². The smallest absolute Gasteiger partial charge is 0.490 e. The molecule has 11 rings (SSSR count). The van der Waals surface area contributed by atoms with Crippen LogP contribution in [0.2, 0.25) is 0 Å². The third-order valence-electron chi connectivity index (χ3n) is 12.3. The summed E-state index contributed by atoms with van der Waals surface area (Å²) >= 11 is 9.21. The number of carboxylic acids is 1. The van der Waals surface area contributed by atoms with E-state index < -0.39 is 23.2 Å². The number of hydrogen-bond acceptors (Lipinski definition) is 5. The first-order valence-corrected chi connectivity index (χ1v) is 30.1. The Morgan fingerprint density at radius 3 is 1.07 bits per heavy atom. The molecule has 8 aromatic carbocycles. The van der Waals surface area contributed by atoms with E-state index in [0.29, 0.717) is 6.10 Å². The van der Waals surface area contributed by atoms with Gasteiger partial charge in [0.2, 0.25) is 0 Å². The number of hydrogen-bond donors (Lipinski definition) is 1. The Labute approximate surface area is 533 Å². The molecule has 408 valence electrons. The number of rotatable bonds is 12. The normalized spacial score (nSPS) is 11.6. The molecule has 1 fully saturated rings. The van der Waals surface area contributed by atoms with Gasteiger partial charge in [-0.25, -0.2) is 14.2 Å². The summed E-state index contributed by atoms with van der Waals surface area (Å²) in [4.78, 5) is 8.90. The molecule has 0 aliphatic heterocycles. The van der Waals surface area contributed by atoms with Gasteiger partial charge in [0, 0.05) is 10.8 Å². The summed E-state index contributed by atoms with van der Waals surface area (Å²) in [5.74, 6) is -1.09. The molecule has 8 nitrogen and oxygen atoms in total. The zero-order valence-corrected chi connectivity index (χ0v) is 55.6. The van der Waals surface area contributed by atoms with E-state index in [1.54, 1.807) is 13.8 Å². The van der Waals surface area contributed by atoms with Crippen molar-refractivity contribution in [3.63, 3.8) is 0 Å². The summed E-state index contributed by atoms with van der Waals surface area (Å²) < 4.78 is 50.8. The molecule has 1 N–H and O–H groups in total. The Kier molecular flexibility index (Phi) is 26.2. The zero-order chi connectivity index (χ0) is 57.0. The largest absolute Gasteiger partial charge is 2.00 e. The molecular weight excluding hydrogens is 1520 g/mol. The van der Waals surface area contributed by atoms with Gasteiger partial charge in [-0.15, -0.1) is 0 Å². The van der Waals surface area contributed by atoms with Gasteiger partial charge in [0.25, 0.3) is 0 Å². The number of carboxylic acid groups (broad SMARTS) is 1. The second-order valence-electron chi connectivity index (χ2n) is 16.9. The van der Waals surface area contributed by atoms with Gasteiger partial charge in [-0.3, -0.25) is 0 Å². The molecule has 80 heavy (non-hydrogen) atoms. The van der Waals surface area contributed by atoms with Gasteiger partial charge in [0.05, 0.1) is 25.8 Å². The van der Waals surface area contributed by atoms with Crippen molar-refractivity contribution in [2.24, 2.45) is 0 Å². The van der Waals surface area contributed by atoms with E-state index in [0.717, 1.165) is 70.2 Å². The van der Waals surface area contributed by atoms with Crippen LogP contribution in [-0.2, 0) is 35.4 Å². The molecule has 0 spiro atoms. The number of benzene rings is 8. The maximum Gasteiger partial charge on any atom is 2.00 e. The minimum absolute atomic E-state index is 0. The molecule has 1 aliphatic rings. The maximum atomic E-state index is 10.6. The Bertz CT molecular complexity index is 3270. The summed E-state index contributed by atoms with van der Waals surface area (Å²) in [5, 5.41) is 19.6. The van der Waals surface area contributed by atoms with Crippen molar-refractivity contribution in [1.29, 1.82) is 0 Å². The van der Waals surface area contributed by atoms with Gasteiger partial charge in [-0.05, 0) is 128 Å². The van der Waals surface area contributed by atoms with Gasteiger partial charge < -0.3 is 28.4 Å². The van der Waals surface area contributed by atoms with Crippen molar-refractivity contribution in [1.82, 2.24) is 19.6 Å². The molecule has 10 aromatic rings. The fourth-order valence-corrected chi connectivity index (χ4v) is 10.4. The molecule has 0 atom stereocenters. The molecule has 1 aliphatic carbocycles. The second-order valence-corrected chi connectivity index (χ2v) is 23.4. The minimum Gasteiger partial charge on any atom is -0.490 e. The van der Waals surface area contributed by atoms with E-state index >= 15 is 0 Å². The maximum absolute atomic E-state index is 10.6. The molecule has 2 heterocycles. The first kappa shape index (κ1) is 65.7. The third kappa shape index (κ3) is 15.3. The molecule has 0 saturated heterocycles. The first-order chi connectivity index (χ1) is 38.4. The SMILES string of the molecule is C=COc1ccc2c(c1)c(I)nn2C(c1ccccc1)(c1ccccc1)c1ccccc1.ICI.Ic1nn(C(c2ccccc2)(c2ccccc2)c2ccccc2)c2ccc(OC3CC3)cc12.O=C(O)C(F)(F)F.[CH2-]C.[CH2-]C.[Zn+2]. The van der Waals surface area contributed by atoms with Crippen molar-refractivity contribution < 1.29 is 52.0 Å². The number of fused-ring (bicyclic) bond motifs is 2. The second kappa shape index (κ2) is 31.9. The van der Waals surface area contributed by atoms with Crippen LogP contribution in [0.1, 0.15) is 60.1 Å². The predicted molar refractivity (Wildman–Crippen MR) is 347 cm³/mol. The molecule has 0 amide bonds. The van der Waals surface area contributed by atoms with Crippen LogP contribution in [0.25, 0.3) is 21.8 Å². The van der Waals surface area contributed by atoms with Crippen LogP contribution in [-0.4, -0.2) is 45.4 Å². The van der Waals surface area contributed by atoms with Gasteiger partial charge in [0.15, 0.2) is 0 Å². The fraction of sp³-hybridized carbons (Fsp3) is 0.141. The summed E-state index contributed by atoms with van der Waals surface area (Å²) in [6.45, 7) is 13.7. The van der Waals surface area contributed by atoms with Gasteiger partial charge in [-0.2, -0.15) is 37.2 Å². The minimum atomic E-state index is -5.08. The van der Waals surface area contributed by atoms with Crippen LogP contribution in [0.5, 0.6) is 11.5 Å². The van der Waals surface area contributed by atoms with E-state index in [-0.39, 0.29) is 19.5 Å². The van der Waals surface area contributed by atoms with Crippen molar-refractivity contribution in [3.05, 3.63) is 286 Å². The van der Waals surface area contributed by atoms with Gasteiger partial charge in [0.1, 0.15) is 30.0 Å². The molecule has 0 radical (unpaired) electrons. The monoisotopic (exact) mass is 1570 g/mol. The van der Waals surface area contributed by atoms with Crippen LogP contribution in [0.4, 0.5) is 13.2 Å². The van der Waals surface area contributed by atoms with E-state index in [4.69, 9.17) is 29.6 Å². The predicted octanol–water partition coefficient (Wildman–Crippen LogP) is 18.2. The van der Waals surface area contributed by atoms with Crippen molar-refractivity contribution in [3.8, 4) is 11.5 Å². The quantitative estimate of drug-likeness (QED) is 0.0327. The summed E-state index contributed by atoms with van der Waals surface area (Å²) in [6, 6.07) is 76.2. The van der Waals surface area contributed by atoms with Crippen LogP contribution in [0.3, 0.4) is 0 Å². The van der Waals surface area contributed by atoms with E-state index in [1.165, 1.54) is 25.4 Å². The number of nitrogens with zero attached hydrogens (tertiary/aromatic N) is 4. The molecule has 1 saturated carbocycles. The Balaban J connectivity index is 0.000000237. The third-order valence-corrected chi connectivity index (χ3v) is 13.9. The van der Waals surface area contributed by atoms with Crippen LogP contribution in [0.15, 0.2) is 231 Å². The molecule has 0 unspecified atom stereocenters. The standard InChI is InChI=1S/C29H23IN2O.C28H21IN2O.C2HF3O2.2C2H5.CH2I2.Zn/c30-28-26-20-25(33-24-16-17-24)18-19-27(26)32(31-28)29(21-10-4-1-5-11-21,22-12-6-2-7-13-22)23-14-8-3-9-15-23;1-2-32-24-18-19-26-25(20-24)27(29)30-31(26)28(21-12-6-3-7-13-21,22-14-8-4-9-15-22)23-16-10-5-11-17-23;3-2(4,5)1(6)7;2*1-2;2-1-3;/h1-15,18-20,24H,16-17H2;2-20H,1H2;(H,6,7);2*1H2,2H3;1H2;/q;;;2*-1;;+2. The van der Waals surface area contributed by atoms with Crippen LogP contribution in [0, 0.1) is 21.2 Å². The van der Waals surface area contributed by atoms with E-state index in [1.807, 2.05) is 30.3 Å². The topological polar surface area (TPSA) is 91.4 Å². The Morgan fingerprint density at radius 1 is 0.562 bits per heavy atom. The molecular formula is C64H57F3I4N4O4Zn. The average molecular weight is 1580 g/mol. The summed E-state index contributed by atoms with van der Waals surface area (Å²) in [6.07, 6.45) is -0.978. The van der Waals surface area contributed by atoms with Crippen LogP contribution >= 0.6 is 90.4 Å². The fourth-order valence-electron chi connectivity index (χ4n) is 9.06. The average Bonchev–Trinajstić information content (AvgIpc) is 4.23. The first-order valence-electron chi connectivity index (χ1n) is 24.9. The van der Waals surface area contributed by atoms with Gasteiger partial charge in [-0.1, -0.05) is 234 Å². The van der Waals surface area contributed by atoms with E-state index in [9.17, 15) is 13.2 Å². The Morgan fingerprint density at radius 2 is 0.825 bits per heavy atom. The Hall–Kier alpha value is -5.16. The van der Waals surface area contributed by atoms with Crippen LogP contribution < -0.4 is 9.47 Å². The van der Waals surface area contributed by atoms with Crippen molar-refractivity contribution >= 4 is 118 Å². The van der Waals surface area contributed by atoms with Crippen molar-refractivity contribution in [2.45, 2.75) is 50.0 Å². The number of halogens is 7. The number of alkyl halides is 5. The summed E-state index contributed by atoms with van der Waals surface area (Å²) in [7, 11) is 0. The molecule has 2 aromatic heterocycles. The molecule has 16 heteroatoms.